The third-order valence-corrected chi connectivity index (χ3v) is 3.67. The SMILES string of the molecule is Ic1[nH]ncc1-c1noc(CC2C=CCC2)n1. The number of allylic oxidation sites excluding steroid dienone is 2. The van der Waals surface area contributed by atoms with E-state index in [1.165, 1.54) is 6.42 Å². The maximum Gasteiger partial charge on any atom is 0.227 e. The summed E-state index contributed by atoms with van der Waals surface area (Å²) in [6.07, 6.45) is 9.32. The van der Waals surface area contributed by atoms with Crippen molar-refractivity contribution < 1.29 is 4.52 Å². The number of aromatic amines is 1. The predicted octanol–water partition coefficient (Wildman–Crippen LogP) is 2.57. The molecule has 2 aromatic heterocycles. The Kier molecular flexibility index (Phi) is 2.96. The molecule has 0 spiro atoms. The van der Waals surface area contributed by atoms with E-state index >= 15 is 0 Å². The highest BCUT2D eigenvalue weighted by Gasteiger charge is 2.17. The second-order valence-corrected chi connectivity index (χ2v) is 5.16. The molecule has 0 saturated heterocycles. The predicted molar refractivity (Wildman–Crippen MR) is 70.2 cm³/mol. The van der Waals surface area contributed by atoms with Crippen LogP contribution in [0.3, 0.4) is 0 Å². The van der Waals surface area contributed by atoms with Gasteiger partial charge in [0, 0.05) is 6.42 Å². The van der Waals surface area contributed by atoms with Gasteiger partial charge in [0.05, 0.1) is 11.8 Å². The van der Waals surface area contributed by atoms with Crippen molar-refractivity contribution in [3.63, 3.8) is 0 Å². The molecule has 17 heavy (non-hydrogen) atoms. The van der Waals surface area contributed by atoms with Gasteiger partial charge in [0.1, 0.15) is 3.70 Å². The molecule has 3 rings (SSSR count). The number of nitrogens with zero attached hydrogens (tertiary/aromatic N) is 3. The Hall–Kier alpha value is -1.18. The molecule has 0 fully saturated rings. The van der Waals surface area contributed by atoms with Crippen LogP contribution in [0.1, 0.15) is 18.7 Å². The van der Waals surface area contributed by atoms with Gasteiger partial charge in [-0.25, -0.2) is 0 Å². The molecule has 1 atom stereocenters. The summed E-state index contributed by atoms with van der Waals surface area (Å²) in [4.78, 5) is 4.40. The maximum absolute atomic E-state index is 5.27. The van der Waals surface area contributed by atoms with Crippen LogP contribution in [0.2, 0.25) is 0 Å². The van der Waals surface area contributed by atoms with Crippen molar-refractivity contribution >= 4 is 22.6 Å². The molecule has 1 N–H and O–H groups in total. The lowest BCUT2D eigenvalue weighted by molar-refractivity contribution is 0.364. The summed E-state index contributed by atoms with van der Waals surface area (Å²) in [5.41, 5.74) is 0.891. The zero-order valence-electron chi connectivity index (χ0n) is 9.06. The lowest BCUT2D eigenvalue weighted by Crippen LogP contribution is -1.97. The molecule has 6 heteroatoms. The van der Waals surface area contributed by atoms with E-state index in [2.05, 4.69) is 55.1 Å². The third kappa shape index (κ3) is 2.26. The second-order valence-electron chi connectivity index (χ2n) is 4.08. The molecular formula is C11H11IN4O. The number of hydrogen-bond acceptors (Lipinski definition) is 4. The largest absolute Gasteiger partial charge is 0.339 e. The van der Waals surface area contributed by atoms with E-state index < -0.39 is 0 Å². The molecule has 2 heterocycles. The van der Waals surface area contributed by atoms with Gasteiger partial charge in [-0.05, 0) is 41.4 Å². The number of rotatable bonds is 3. The topological polar surface area (TPSA) is 67.6 Å². The Morgan fingerprint density at radius 3 is 3.18 bits per heavy atom. The van der Waals surface area contributed by atoms with Gasteiger partial charge in [-0.2, -0.15) is 10.1 Å². The minimum Gasteiger partial charge on any atom is -0.339 e. The highest BCUT2D eigenvalue weighted by molar-refractivity contribution is 14.1. The first-order valence-corrected chi connectivity index (χ1v) is 6.59. The van der Waals surface area contributed by atoms with Crippen LogP contribution in [0, 0.1) is 9.62 Å². The lowest BCUT2D eigenvalue weighted by Gasteiger charge is -2.00. The first-order valence-electron chi connectivity index (χ1n) is 5.51. The van der Waals surface area contributed by atoms with Gasteiger partial charge in [0.15, 0.2) is 0 Å². The Bertz CT molecular complexity index is 545. The van der Waals surface area contributed by atoms with Crippen LogP contribution in [0.25, 0.3) is 11.4 Å². The smallest absolute Gasteiger partial charge is 0.227 e. The molecular weight excluding hydrogens is 331 g/mol. The number of nitrogens with one attached hydrogen (secondary N) is 1. The molecule has 5 nitrogen and oxygen atoms in total. The van der Waals surface area contributed by atoms with E-state index in [1.807, 2.05) is 0 Å². The van der Waals surface area contributed by atoms with Crippen molar-refractivity contribution in [3.05, 3.63) is 27.9 Å². The molecule has 0 aromatic carbocycles. The molecule has 1 unspecified atom stereocenters. The van der Waals surface area contributed by atoms with Crippen molar-refractivity contribution in [2.24, 2.45) is 5.92 Å². The monoisotopic (exact) mass is 342 g/mol. The minimum atomic E-state index is 0.548. The van der Waals surface area contributed by atoms with Crippen molar-refractivity contribution in [1.82, 2.24) is 20.3 Å². The summed E-state index contributed by atoms with van der Waals surface area (Å²) in [5.74, 6) is 1.86. The van der Waals surface area contributed by atoms with Crippen molar-refractivity contribution in [2.75, 3.05) is 0 Å². The van der Waals surface area contributed by atoms with E-state index in [0.29, 0.717) is 17.6 Å². The highest BCUT2D eigenvalue weighted by Crippen LogP contribution is 2.23. The molecule has 2 aromatic rings. The molecule has 88 valence electrons. The minimum absolute atomic E-state index is 0.548. The zero-order chi connectivity index (χ0) is 11.7. The van der Waals surface area contributed by atoms with E-state index in [9.17, 15) is 0 Å². The lowest BCUT2D eigenvalue weighted by atomic mass is 10.1. The Labute approximate surface area is 112 Å². The summed E-state index contributed by atoms with van der Waals surface area (Å²) in [5, 5.41) is 10.8. The van der Waals surface area contributed by atoms with Crippen LogP contribution in [-0.2, 0) is 6.42 Å². The standard InChI is InChI=1S/C11H11IN4O/c12-10-8(6-13-15-10)11-14-9(17-16-11)5-7-3-1-2-4-7/h1,3,6-7H,2,4-5H2,(H,13,15). The van der Waals surface area contributed by atoms with E-state index in [0.717, 1.165) is 22.1 Å². The zero-order valence-corrected chi connectivity index (χ0v) is 11.2. The van der Waals surface area contributed by atoms with Gasteiger partial charge in [0.25, 0.3) is 0 Å². The molecule has 0 saturated carbocycles. The molecule has 1 aliphatic rings. The van der Waals surface area contributed by atoms with Crippen LogP contribution < -0.4 is 0 Å². The van der Waals surface area contributed by atoms with Crippen LogP contribution in [0.4, 0.5) is 0 Å². The fourth-order valence-corrected chi connectivity index (χ4v) is 2.48. The molecule has 0 bridgehead atoms. The van der Waals surface area contributed by atoms with Crippen molar-refractivity contribution in [3.8, 4) is 11.4 Å². The Morgan fingerprint density at radius 2 is 2.47 bits per heavy atom. The quantitative estimate of drug-likeness (QED) is 0.688. The van der Waals surface area contributed by atoms with E-state index in [-0.39, 0.29) is 0 Å². The Balaban J connectivity index is 1.78. The molecule has 1 aliphatic carbocycles. The van der Waals surface area contributed by atoms with Gasteiger partial charge in [-0.3, -0.25) is 5.10 Å². The summed E-state index contributed by atoms with van der Waals surface area (Å²) < 4.78 is 6.19. The number of aromatic nitrogens is 4. The normalized spacial score (nSPS) is 19.0. The summed E-state index contributed by atoms with van der Waals surface area (Å²) in [7, 11) is 0. The van der Waals surface area contributed by atoms with E-state index in [1.54, 1.807) is 6.20 Å². The molecule has 0 amide bonds. The molecule has 0 radical (unpaired) electrons. The van der Waals surface area contributed by atoms with Gasteiger partial charge in [0.2, 0.25) is 11.7 Å². The third-order valence-electron chi connectivity index (χ3n) is 2.85. The van der Waals surface area contributed by atoms with Gasteiger partial charge in [-0.15, -0.1) is 0 Å². The number of halogens is 1. The fraction of sp³-hybridized carbons (Fsp3) is 0.364. The Morgan fingerprint density at radius 1 is 1.53 bits per heavy atom. The van der Waals surface area contributed by atoms with Crippen LogP contribution in [0.5, 0.6) is 0 Å². The van der Waals surface area contributed by atoms with Gasteiger partial charge < -0.3 is 4.52 Å². The average molecular weight is 342 g/mol. The summed E-state index contributed by atoms with van der Waals surface area (Å²) in [6.45, 7) is 0. The van der Waals surface area contributed by atoms with Gasteiger partial charge >= 0.3 is 0 Å². The second kappa shape index (κ2) is 4.59. The first-order chi connectivity index (χ1) is 8.33. The maximum atomic E-state index is 5.27. The average Bonchev–Trinajstić information content (AvgIpc) is 3.00. The van der Waals surface area contributed by atoms with Crippen molar-refractivity contribution in [1.29, 1.82) is 0 Å². The molecule has 0 aliphatic heterocycles. The van der Waals surface area contributed by atoms with Crippen molar-refractivity contribution in [2.45, 2.75) is 19.3 Å². The summed E-state index contributed by atoms with van der Waals surface area (Å²) >= 11 is 2.17. The summed E-state index contributed by atoms with van der Waals surface area (Å²) in [6, 6.07) is 0. The number of H-pyrrole nitrogens is 1. The van der Waals surface area contributed by atoms with Crippen LogP contribution in [-0.4, -0.2) is 20.3 Å². The van der Waals surface area contributed by atoms with Crippen LogP contribution >= 0.6 is 22.6 Å². The van der Waals surface area contributed by atoms with Crippen LogP contribution in [0.15, 0.2) is 22.9 Å². The van der Waals surface area contributed by atoms with E-state index in [4.69, 9.17) is 4.52 Å². The highest BCUT2D eigenvalue weighted by atomic mass is 127. The van der Waals surface area contributed by atoms with Gasteiger partial charge in [-0.1, -0.05) is 17.3 Å². The first kappa shape index (κ1) is 10.9. The number of hydrogen-bond donors (Lipinski definition) is 1. The fourth-order valence-electron chi connectivity index (χ4n) is 1.96.